The molecule has 0 aromatic carbocycles. The average Bonchev–Trinajstić information content (AvgIpc) is 3.12. The number of allylic oxidation sites excluding steroid dienone is 2. The normalized spacial score (nSPS) is 22.7. The van der Waals surface area contributed by atoms with E-state index in [0.717, 1.165) is 6.42 Å². The number of thioether (sulfide) groups is 1. The summed E-state index contributed by atoms with van der Waals surface area (Å²) < 4.78 is 10.7. The van der Waals surface area contributed by atoms with Crippen molar-refractivity contribution >= 4 is 28.6 Å². The molecule has 0 bridgehead atoms. The molecule has 0 saturated carbocycles. The Morgan fingerprint density at radius 2 is 2.31 bits per heavy atom. The first kappa shape index (κ1) is 18.5. The van der Waals surface area contributed by atoms with Crippen LogP contribution >= 0.6 is 11.8 Å². The lowest BCUT2D eigenvalue weighted by Gasteiger charge is -2.31. The minimum Gasteiger partial charge on any atom is -0.469 e. The molecule has 136 valence electrons. The number of rotatable bonds is 4. The van der Waals surface area contributed by atoms with Crippen molar-refractivity contribution in [3.8, 4) is 6.07 Å². The van der Waals surface area contributed by atoms with E-state index in [9.17, 15) is 14.9 Å². The Bertz CT molecular complexity index is 802. The molecular formula is C19H20N2O4S. The fourth-order valence-electron chi connectivity index (χ4n) is 3.28. The van der Waals surface area contributed by atoms with Crippen LogP contribution in [0.25, 0.3) is 0 Å². The quantitative estimate of drug-likeness (QED) is 0.750. The number of nitrogens with zero attached hydrogens (tertiary/aromatic N) is 2. The predicted octanol–water partition coefficient (Wildman–Crippen LogP) is 3.61. The first-order valence-corrected chi connectivity index (χ1v) is 9.60. The number of hydrogen-bond donors (Lipinski definition) is 0. The molecule has 26 heavy (non-hydrogen) atoms. The van der Waals surface area contributed by atoms with E-state index in [2.05, 4.69) is 11.1 Å². The van der Waals surface area contributed by atoms with Gasteiger partial charge in [-0.2, -0.15) is 5.26 Å². The van der Waals surface area contributed by atoms with E-state index in [-0.39, 0.29) is 23.6 Å². The number of furan rings is 1. The Morgan fingerprint density at radius 3 is 2.96 bits per heavy atom. The summed E-state index contributed by atoms with van der Waals surface area (Å²) >= 11 is 1.20. The Kier molecular flexibility index (Phi) is 5.62. The van der Waals surface area contributed by atoms with Crippen molar-refractivity contribution in [1.82, 2.24) is 0 Å². The van der Waals surface area contributed by atoms with E-state index in [1.165, 1.54) is 18.0 Å². The topological polar surface area (TPSA) is 92.7 Å². The molecule has 0 saturated heterocycles. The zero-order chi connectivity index (χ0) is 18.7. The van der Waals surface area contributed by atoms with Gasteiger partial charge in [0.2, 0.25) is 0 Å². The first-order chi connectivity index (χ1) is 12.5. The third kappa shape index (κ3) is 3.75. The van der Waals surface area contributed by atoms with Crippen molar-refractivity contribution in [3.63, 3.8) is 0 Å². The zero-order valence-corrected chi connectivity index (χ0v) is 15.5. The lowest BCUT2D eigenvalue weighted by molar-refractivity contribution is -0.144. The van der Waals surface area contributed by atoms with Crippen LogP contribution in [0.5, 0.6) is 0 Å². The number of nitriles is 1. The van der Waals surface area contributed by atoms with Gasteiger partial charge in [-0.1, -0.05) is 11.8 Å². The third-order valence-electron chi connectivity index (χ3n) is 4.28. The second-order valence-electron chi connectivity index (χ2n) is 6.51. The van der Waals surface area contributed by atoms with E-state index < -0.39 is 11.8 Å². The lowest BCUT2D eigenvalue weighted by Crippen LogP contribution is -2.31. The van der Waals surface area contributed by atoms with Crippen LogP contribution in [0.4, 0.5) is 0 Å². The highest BCUT2D eigenvalue weighted by Gasteiger charge is 2.42. The molecule has 0 amide bonds. The molecule has 0 N–H and O–H groups in total. The van der Waals surface area contributed by atoms with Gasteiger partial charge in [-0.25, -0.2) is 4.99 Å². The van der Waals surface area contributed by atoms with Gasteiger partial charge in [-0.05, 0) is 38.8 Å². The standard InChI is InChI=1S/C19H20N2O4S/c1-11(2)25-16(23)10-26-19-12(9-20)17(15-7-4-8-24-15)18-13(21-19)5-3-6-14(18)22/h4,7-8,11-12,17H,3,5-6,10H2,1-2H3/t12?,17-/m1/s1. The number of carbonyl (C=O) groups excluding carboxylic acids is 2. The van der Waals surface area contributed by atoms with Gasteiger partial charge in [-0.15, -0.1) is 0 Å². The highest BCUT2D eigenvalue weighted by Crippen LogP contribution is 2.44. The number of ether oxygens (including phenoxy) is 1. The minimum atomic E-state index is -0.654. The van der Waals surface area contributed by atoms with Crippen molar-refractivity contribution in [2.75, 3.05) is 5.75 Å². The molecule has 1 aromatic heterocycles. The summed E-state index contributed by atoms with van der Waals surface area (Å²) in [5.74, 6) is -0.787. The molecule has 7 heteroatoms. The van der Waals surface area contributed by atoms with Crippen LogP contribution in [0.3, 0.4) is 0 Å². The smallest absolute Gasteiger partial charge is 0.316 e. The van der Waals surface area contributed by atoms with E-state index in [1.807, 2.05) is 0 Å². The van der Waals surface area contributed by atoms with Crippen molar-refractivity contribution in [2.45, 2.75) is 45.1 Å². The van der Waals surface area contributed by atoms with Gasteiger partial charge >= 0.3 is 5.97 Å². The molecule has 6 nitrogen and oxygen atoms in total. The third-order valence-corrected chi connectivity index (χ3v) is 5.30. The lowest BCUT2D eigenvalue weighted by atomic mass is 9.76. The van der Waals surface area contributed by atoms with E-state index in [1.54, 1.807) is 26.0 Å². The highest BCUT2D eigenvalue weighted by atomic mass is 32.2. The summed E-state index contributed by atoms with van der Waals surface area (Å²) in [6, 6.07) is 5.79. The van der Waals surface area contributed by atoms with Crippen molar-refractivity contribution in [1.29, 1.82) is 5.26 Å². The summed E-state index contributed by atoms with van der Waals surface area (Å²) in [5.41, 5.74) is 1.31. The van der Waals surface area contributed by atoms with Gasteiger partial charge in [0.1, 0.15) is 11.7 Å². The molecule has 0 fully saturated rings. The summed E-state index contributed by atoms with van der Waals surface area (Å²) in [6.45, 7) is 3.58. The van der Waals surface area contributed by atoms with Crippen molar-refractivity contribution in [2.24, 2.45) is 10.9 Å². The summed E-state index contributed by atoms with van der Waals surface area (Å²) in [7, 11) is 0. The Labute approximate surface area is 156 Å². The first-order valence-electron chi connectivity index (χ1n) is 8.61. The van der Waals surface area contributed by atoms with Crippen LogP contribution in [-0.4, -0.2) is 28.7 Å². The highest BCUT2D eigenvalue weighted by molar-refractivity contribution is 8.14. The van der Waals surface area contributed by atoms with Crippen LogP contribution in [0.1, 0.15) is 44.8 Å². The van der Waals surface area contributed by atoms with E-state index >= 15 is 0 Å². The molecule has 1 aliphatic heterocycles. The van der Waals surface area contributed by atoms with Gasteiger partial charge in [0.15, 0.2) is 5.78 Å². The van der Waals surface area contributed by atoms with Gasteiger partial charge in [0.25, 0.3) is 0 Å². The largest absolute Gasteiger partial charge is 0.469 e. The average molecular weight is 372 g/mol. The number of hydrogen-bond acceptors (Lipinski definition) is 7. The molecule has 1 aliphatic carbocycles. The van der Waals surface area contributed by atoms with Gasteiger partial charge in [-0.3, -0.25) is 9.59 Å². The maximum Gasteiger partial charge on any atom is 0.316 e. The zero-order valence-electron chi connectivity index (χ0n) is 14.7. The van der Waals surface area contributed by atoms with Crippen LogP contribution in [-0.2, 0) is 14.3 Å². The van der Waals surface area contributed by atoms with Gasteiger partial charge < -0.3 is 9.15 Å². The fourth-order valence-corrected chi connectivity index (χ4v) is 4.16. The van der Waals surface area contributed by atoms with Gasteiger partial charge in [0.05, 0.1) is 35.2 Å². The van der Waals surface area contributed by atoms with Crippen molar-refractivity contribution in [3.05, 3.63) is 35.4 Å². The van der Waals surface area contributed by atoms with Crippen LogP contribution in [0.15, 0.2) is 39.1 Å². The molecular weight excluding hydrogens is 352 g/mol. The molecule has 3 rings (SSSR count). The Balaban J connectivity index is 1.93. The minimum absolute atomic E-state index is 0.0277. The maximum absolute atomic E-state index is 12.5. The van der Waals surface area contributed by atoms with E-state index in [4.69, 9.17) is 9.15 Å². The molecule has 0 spiro atoms. The number of esters is 1. The summed E-state index contributed by atoms with van der Waals surface area (Å²) in [5, 5.41) is 10.3. The Hall–Kier alpha value is -2.33. The molecule has 1 aromatic rings. The van der Waals surface area contributed by atoms with Crippen LogP contribution < -0.4 is 0 Å². The molecule has 2 heterocycles. The number of aliphatic imine (C=N–C) groups is 1. The second-order valence-corrected chi connectivity index (χ2v) is 7.51. The maximum atomic E-state index is 12.5. The second kappa shape index (κ2) is 7.92. The summed E-state index contributed by atoms with van der Waals surface area (Å²) in [6.07, 6.45) is 3.25. The van der Waals surface area contributed by atoms with E-state index in [0.29, 0.717) is 34.9 Å². The molecule has 0 radical (unpaired) electrons. The SMILES string of the molecule is CC(C)OC(=O)CSC1=NC2=C(C(=O)CCC2)[C@@H](c2ccco2)C1C#N. The van der Waals surface area contributed by atoms with Crippen molar-refractivity contribution < 1.29 is 18.7 Å². The number of carbonyl (C=O) groups is 2. The number of Topliss-reactive ketones (excluding diaryl/α,β-unsaturated/α-hetero) is 1. The van der Waals surface area contributed by atoms with Crippen LogP contribution in [0.2, 0.25) is 0 Å². The predicted molar refractivity (Wildman–Crippen MR) is 97.6 cm³/mol. The number of ketones is 1. The van der Waals surface area contributed by atoms with Gasteiger partial charge in [0, 0.05) is 17.7 Å². The molecule has 2 aliphatic rings. The molecule has 1 unspecified atom stereocenters. The summed E-state index contributed by atoms with van der Waals surface area (Å²) in [4.78, 5) is 29.0. The monoisotopic (exact) mass is 372 g/mol. The Morgan fingerprint density at radius 1 is 1.50 bits per heavy atom. The fraction of sp³-hybridized carbons (Fsp3) is 0.474. The van der Waals surface area contributed by atoms with Crippen LogP contribution in [0, 0.1) is 17.2 Å². The molecule has 2 atom stereocenters.